The highest BCUT2D eigenvalue weighted by Gasteiger charge is 2.43. The lowest BCUT2D eigenvalue weighted by atomic mass is 9.85. The number of benzene rings is 1. The quantitative estimate of drug-likeness (QED) is 0.0526. The van der Waals surface area contributed by atoms with E-state index in [0.29, 0.717) is 78.4 Å². The fraction of sp³-hybridized carbons (Fsp3) is 0.773. The monoisotopic (exact) mass is 1230 g/mol. The second-order valence-electron chi connectivity index (χ2n) is 24.7. The minimum Gasteiger partial charge on any atom is -0.379 e. The van der Waals surface area contributed by atoms with Crippen LogP contribution < -0.4 is 5.32 Å². The molecule has 0 saturated carbocycles. The van der Waals surface area contributed by atoms with E-state index in [0.717, 1.165) is 37.7 Å². The molecule has 3 saturated heterocycles. The van der Waals surface area contributed by atoms with Gasteiger partial charge in [0.15, 0.2) is 5.78 Å². The second-order valence-corrected chi connectivity index (χ2v) is 24.7. The molecule has 10 atom stereocenters. The third-order valence-electron chi connectivity index (χ3n) is 17.4. The first-order chi connectivity index (χ1) is 41.4. The van der Waals surface area contributed by atoms with Crippen LogP contribution in [0.5, 0.6) is 0 Å². The maximum atomic E-state index is 14.1. The van der Waals surface area contributed by atoms with E-state index < -0.39 is 24.0 Å². The van der Waals surface area contributed by atoms with Gasteiger partial charge in [0.2, 0.25) is 35.4 Å². The number of likely N-dealkylation sites (tertiary alicyclic amines) is 2. The number of rotatable bonds is 40. The van der Waals surface area contributed by atoms with Crippen molar-refractivity contribution in [2.75, 3.05) is 107 Å². The van der Waals surface area contributed by atoms with E-state index in [9.17, 15) is 43.2 Å². The summed E-state index contributed by atoms with van der Waals surface area (Å²) in [6.07, 6.45) is 5.89. The van der Waals surface area contributed by atoms with Crippen LogP contribution in [0.2, 0.25) is 0 Å². The van der Waals surface area contributed by atoms with E-state index >= 15 is 0 Å². The molecule has 1 unspecified atom stereocenters. The summed E-state index contributed by atoms with van der Waals surface area (Å²) in [5, 5.41) is 4.05. The van der Waals surface area contributed by atoms with Gasteiger partial charge in [0.05, 0.1) is 102 Å². The number of ether oxygens (including phenoxy) is 5. The van der Waals surface area contributed by atoms with Crippen molar-refractivity contribution < 1.29 is 71.7 Å². The first-order valence-electron chi connectivity index (χ1n) is 32.1. The maximum Gasteiger partial charge on any atom is 0.250 e. The molecule has 1 aromatic rings. The summed E-state index contributed by atoms with van der Waals surface area (Å²) in [5.41, 5.74) is 0.990. The Labute approximate surface area is 520 Å². The predicted octanol–water partition coefficient (Wildman–Crippen LogP) is 6.79. The average Bonchev–Trinajstić information content (AvgIpc) is 3.21. The lowest BCUT2D eigenvalue weighted by Gasteiger charge is -2.40. The van der Waals surface area contributed by atoms with E-state index in [-0.39, 0.29) is 152 Å². The van der Waals surface area contributed by atoms with Crippen molar-refractivity contribution in [3.05, 3.63) is 35.9 Å². The van der Waals surface area contributed by atoms with Gasteiger partial charge in [-0.1, -0.05) is 99.1 Å². The number of amides is 6. The molecule has 494 valence electrons. The Hall–Kier alpha value is -5.03. The number of hydrogen-bond acceptors (Lipinski definition) is 16. The Kier molecular flexibility index (Phi) is 35.5. The maximum absolute atomic E-state index is 14.1. The van der Waals surface area contributed by atoms with Crippen molar-refractivity contribution in [2.45, 2.75) is 183 Å². The smallest absolute Gasteiger partial charge is 0.250 e. The topological polar surface area (TPSA) is 237 Å². The summed E-state index contributed by atoms with van der Waals surface area (Å²) in [6, 6.07) is 9.06. The van der Waals surface area contributed by atoms with Crippen LogP contribution in [0.1, 0.15) is 152 Å². The molecule has 0 aromatic heterocycles. The van der Waals surface area contributed by atoms with E-state index in [1.165, 1.54) is 9.96 Å². The second kappa shape index (κ2) is 40.6. The Morgan fingerprint density at radius 3 is 1.99 bits per heavy atom. The fourth-order valence-electron chi connectivity index (χ4n) is 12.4. The van der Waals surface area contributed by atoms with Crippen LogP contribution >= 0.6 is 0 Å². The Morgan fingerprint density at radius 1 is 0.782 bits per heavy atom. The van der Waals surface area contributed by atoms with Crippen LogP contribution in [0.25, 0.3) is 0 Å². The third kappa shape index (κ3) is 25.1. The van der Waals surface area contributed by atoms with E-state index in [4.69, 9.17) is 28.5 Å². The third-order valence-corrected chi connectivity index (χ3v) is 17.4. The normalized spacial score (nSPS) is 19.1. The molecule has 0 aliphatic carbocycles. The fourth-order valence-corrected chi connectivity index (χ4v) is 12.4. The van der Waals surface area contributed by atoms with Gasteiger partial charge in [0, 0.05) is 77.8 Å². The molecule has 0 radical (unpaired) electrons. The molecule has 0 bridgehead atoms. The van der Waals surface area contributed by atoms with Crippen LogP contribution in [0.3, 0.4) is 0 Å². The molecule has 1 N–H and O–H groups in total. The highest BCUT2D eigenvalue weighted by Crippen LogP contribution is 2.32. The number of carbonyl (C=O) groups excluding carboxylic acids is 9. The number of carbonyl (C=O) groups is 9. The number of hydroxylamine groups is 2. The molecule has 4 rings (SSSR count). The number of likely N-dealkylation sites (N-methyl/N-ethyl adjacent to an activating group) is 2. The van der Waals surface area contributed by atoms with Crippen molar-refractivity contribution in [1.82, 2.24) is 30.0 Å². The van der Waals surface area contributed by atoms with Crippen LogP contribution in [0.15, 0.2) is 30.3 Å². The van der Waals surface area contributed by atoms with Gasteiger partial charge >= 0.3 is 0 Å². The first kappa shape index (κ1) is 76.2. The summed E-state index contributed by atoms with van der Waals surface area (Å²) >= 11 is 0. The van der Waals surface area contributed by atoms with E-state index in [1.54, 1.807) is 28.1 Å². The summed E-state index contributed by atoms with van der Waals surface area (Å²) in [4.78, 5) is 127. The van der Waals surface area contributed by atoms with Crippen molar-refractivity contribution in [3.63, 3.8) is 0 Å². The molecule has 6 amide bonds. The van der Waals surface area contributed by atoms with Crippen LogP contribution in [0, 0.1) is 41.4 Å². The van der Waals surface area contributed by atoms with Gasteiger partial charge in [0.25, 0.3) is 0 Å². The molecular weight excluding hydrogens is 1120 g/mol. The molecule has 3 heterocycles. The van der Waals surface area contributed by atoms with E-state index in [1.807, 2.05) is 86.8 Å². The standard InChI is InChI=1S/C40H65N3O7.C26H45N3O8/c1-10-28(5)37(41(7)40(47)32(11-2)27(3)4)35(48-8)26-36(45)42-21-17-20-33(42)38(49-9)29(6)34(44)25-31(24-30-18-13-12-14-19-30)39(46)43-22-15-16-23-50-43;1-19(2)25(21(4)30)28(5)9-6-7-22(31)18-27-23(32)8-11-35-13-15-37-16-14-36-12-10-29-24(33)17-20(3)26(29)34/h12-14,18-19,27-29,31-33,35,37-38H,10-11,15-17,20-26H2,1-9H3;19-20,25H,6-18H2,1-5H3,(H,27,32)/t28-,29-,31+,32-,33-,35+,37-,38+;20?,25-/m00/s1. The van der Waals surface area contributed by atoms with Gasteiger partial charge in [-0.15, -0.1) is 0 Å². The molecule has 21 nitrogen and oxygen atoms in total. The zero-order valence-corrected chi connectivity index (χ0v) is 55.4. The number of nitrogens with one attached hydrogen (secondary N) is 1. The summed E-state index contributed by atoms with van der Waals surface area (Å²) < 4.78 is 28.2. The van der Waals surface area contributed by atoms with Crippen molar-refractivity contribution in [3.8, 4) is 0 Å². The zero-order valence-electron chi connectivity index (χ0n) is 55.4. The lowest BCUT2D eigenvalue weighted by molar-refractivity contribution is -0.201. The van der Waals surface area contributed by atoms with E-state index in [2.05, 4.69) is 33.0 Å². The first-order valence-corrected chi connectivity index (χ1v) is 32.1. The van der Waals surface area contributed by atoms with Crippen LogP contribution in [-0.4, -0.2) is 215 Å². The summed E-state index contributed by atoms with van der Waals surface area (Å²) in [7, 11) is 6.95. The largest absolute Gasteiger partial charge is 0.379 e. The Balaban J connectivity index is 0.000000477. The van der Waals surface area contributed by atoms with Crippen molar-refractivity contribution in [1.29, 1.82) is 0 Å². The molecule has 3 aliphatic heterocycles. The number of Topliss-reactive ketones (excluding diaryl/α,β-unsaturated/α-hetero) is 3. The minimum absolute atomic E-state index is 0.00885. The molecule has 87 heavy (non-hydrogen) atoms. The molecule has 1 aromatic carbocycles. The van der Waals surface area contributed by atoms with Gasteiger partial charge < -0.3 is 38.8 Å². The van der Waals surface area contributed by atoms with Crippen LogP contribution in [-0.2, 0) is 78.1 Å². The van der Waals surface area contributed by atoms with Gasteiger partial charge in [-0.25, -0.2) is 5.06 Å². The average molecular weight is 1230 g/mol. The van der Waals surface area contributed by atoms with Crippen molar-refractivity contribution in [2.24, 2.45) is 41.4 Å². The Bertz CT molecular complexity index is 2280. The van der Waals surface area contributed by atoms with Crippen LogP contribution in [0.4, 0.5) is 0 Å². The number of imide groups is 1. The molecular formula is C66H110N6O15. The number of ketones is 3. The van der Waals surface area contributed by atoms with Gasteiger partial charge in [-0.05, 0) is 88.8 Å². The zero-order chi connectivity index (χ0) is 64.8. The minimum atomic E-state index is -0.563. The number of nitrogens with zero attached hydrogens (tertiary/aromatic N) is 5. The SMILES string of the molecule is CC(=O)[C@H](C(C)C)N(C)CCCC(=O)CNC(=O)CCOCCOCCOCCN1C(=O)CC(C)C1=O.CC[C@H](C(=O)N(C)[C@@H]([C@@H](C)CC)[C@@H](CC(=O)N1CCC[C@H]1[C@H](OC)[C@@H](C)C(=O)C[C@@H](Cc1ccccc1)C(=O)N1CCCCO1)OC)C(C)C. The lowest BCUT2D eigenvalue weighted by Crippen LogP contribution is -2.54. The van der Waals surface area contributed by atoms with Gasteiger partial charge in [0.1, 0.15) is 11.6 Å². The highest BCUT2D eigenvalue weighted by atomic mass is 16.7. The van der Waals surface area contributed by atoms with Gasteiger partial charge in [-0.3, -0.25) is 57.8 Å². The van der Waals surface area contributed by atoms with Crippen molar-refractivity contribution >= 4 is 52.8 Å². The van der Waals surface area contributed by atoms with Gasteiger partial charge in [-0.2, -0.15) is 0 Å². The molecule has 21 heteroatoms. The molecule has 3 fully saturated rings. The summed E-state index contributed by atoms with van der Waals surface area (Å²) in [6.45, 7) is 23.9. The molecule has 0 spiro atoms. The predicted molar refractivity (Wildman–Crippen MR) is 332 cm³/mol. The molecule has 3 aliphatic rings. The highest BCUT2D eigenvalue weighted by molar-refractivity contribution is 6.03. The number of methoxy groups -OCH3 is 2. The Morgan fingerprint density at radius 2 is 1.44 bits per heavy atom. The summed E-state index contributed by atoms with van der Waals surface area (Å²) in [5.74, 6) is -1.59. The number of hydrogen-bond donors (Lipinski definition) is 1.